The lowest BCUT2D eigenvalue weighted by Crippen LogP contribution is -2.21. The summed E-state index contributed by atoms with van der Waals surface area (Å²) in [5.74, 6) is -3.05. The fourth-order valence-electron chi connectivity index (χ4n) is 2.29. The Morgan fingerprint density at radius 2 is 1.92 bits per heavy atom. The molecular weight excluding hydrogens is 332 g/mol. The third-order valence-corrected chi connectivity index (χ3v) is 4.56. The number of carbonyl (C=O) groups is 1. The maximum atomic E-state index is 13.4. The number of thiazole rings is 1. The molecule has 3 nitrogen and oxygen atoms in total. The van der Waals surface area contributed by atoms with Crippen LogP contribution in [0, 0.1) is 11.6 Å². The van der Waals surface area contributed by atoms with E-state index >= 15 is 0 Å². The number of para-hydroxylation sites is 1. The Morgan fingerprint density at radius 3 is 2.62 bits per heavy atom. The van der Waals surface area contributed by atoms with Gasteiger partial charge in [-0.05, 0) is 54.3 Å². The number of hydrogen-bond acceptors (Lipinski definition) is 4. The summed E-state index contributed by atoms with van der Waals surface area (Å²) in [6.45, 7) is 0. The van der Waals surface area contributed by atoms with Gasteiger partial charge in [0.2, 0.25) is 0 Å². The van der Waals surface area contributed by atoms with Gasteiger partial charge in [-0.1, -0.05) is 18.2 Å². The van der Waals surface area contributed by atoms with Crippen LogP contribution >= 0.6 is 11.3 Å². The van der Waals surface area contributed by atoms with Crippen molar-refractivity contribution >= 4 is 39.2 Å². The Kier molecular flexibility index (Phi) is 4.66. The van der Waals surface area contributed by atoms with Crippen LogP contribution in [0.4, 0.5) is 8.78 Å². The zero-order valence-electron chi connectivity index (χ0n) is 12.5. The molecule has 0 aliphatic heterocycles. The van der Waals surface area contributed by atoms with E-state index in [4.69, 9.17) is 0 Å². The van der Waals surface area contributed by atoms with Gasteiger partial charge in [0, 0.05) is 5.97 Å². The van der Waals surface area contributed by atoms with Crippen molar-refractivity contribution < 1.29 is 18.7 Å². The highest BCUT2D eigenvalue weighted by atomic mass is 32.1. The number of carboxylic acid groups (broad SMARTS) is 1. The molecule has 0 bridgehead atoms. The molecule has 0 radical (unpaired) electrons. The van der Waals surface area contributed by atoms with Crippen LogP contribution in [0.2, 0.25) is 0 Å². The number of rotatable bonds is 5. The van der Waals surface area contributed by atoms with E-state index in [1.807, 2.05) is 24.3 Å². The maximum absolute atomic E-state index is 13.4. The average Bonchev–Trinajstić information content (AvgIpc) is 2.98. The molecule has 0 N–H and O–H groups in total. The normalized spacial score (nSPS) is 11.8. The third kappa shape index (κ3) is 3.65. The largest absolute Gasteiger partial charge is 0.550 e. The van der Waals surface area contributed by atoms with Crippen molar-refractivity contribution in [1.29, 1.82) is 0 Å². The van der Waals surface area contributed by atoms with Crippen molar-refractivity contribution in [3.05, 3.63) is 64.7 Å². The molecule has 1 aromatic heterocycles. The van der Waals surface area contributed by atoms with Gasteiger partial charge in [0.15, 0.2) is 11.6 Å². The molecular formula is C18H12F2NO2S-. The van der Waals surface area contributed by atoms with E-state index in [9.17, 15) is 18.7 Å². The molecule has 1 heterocycles. The second kappa shape index (κ2) is 6.88. The van der Waals surface area contributed by atoms with Gasteiger partial charge in [0.25, 0.3) is 0 Å². The van der Waals surface area contributed by atoms with Crippen molar-refractivity contribution in [2.75, 3.05) is 0 Å². The molecule has 3 aromatic rings. The van der Waals surface area contributed by atoms with Crippen molar-refractivity contribution in [2.24, 2.45) is 0 Å². The highest BCUT2D eigenvalue weighted by Crippen LogP contribution is 2.31. The summed E-state index contributed by atoms with van der Waals surface area (Å²) in [6, 6.07) is 11.1. The summed E-state index contributed by atoms with van der Waals surface area (Å²) in [4.78, 5) is 15.3. The number of benzene rings is 2. The van der Waals surface area contributed by atoms with Crippen LogP contribution in [-0.2, 0) is 4.79 Å². The molecule has 0 saturated carbocycles. The second-order valence-corrected chi connectivity index (χ2v) is 6.23. The van der Waals surface area contributed by atoms with Crippen molar-refractivity contribution in [3.63, 3.8) is 0 Å². The van der Waals surface area contributed by atoms with Gasteiger partial charge < -0.3 is 9.90 Å². The van der Waals surface area contributed by atoms with Crippen LogP contribution in [0.5, 0.6) is 0 Å². The molecule has 0 atom stereocenters. The number of allylic oxidation sites excluding steroid dienone is 1. The number of carboxylic acids is 1. The first-order valence-electron chi connectivity index (χ1n) is 7.24. The molecule has 0 aliphatic rings. The Balaban J connectivity index is 2.02. The second-order valence-electron chi connectivity index (χ2n) is 5.20. The zero-order chi connectivity index (χ0) is 17.1. The number of carbonyl (C=O) groups excluding carboxylic acids is 1. The first-order chi connectivity index (χ1) is 11.5. The first kappa shape index (κ1) is 16.3. The number of aromatic nitrogens is 1. The molecule has 0 fully saturated rings. The fraction of sp³-hybridized carbons (Fsp3) is 0.111. The lowest BCUT2D eigenvalue weighted by atomic mass is 10.1. The van der Waals surface area contributed by atoms with E-state index in [1.54, 1.807) is 6.08 Å². The average molecular weight is 344 g/mol. The van der Waals surface area contributed by atoms with Gasteiger partial charge in [-0.3, -0.25) is 0 Å². The minimum absolute atomic E-state index is 0.175. The number of nitrogens with zero attached hydrogens (tertiary/aromatic N) is 1. The number of fused-ring (bicyclic) bond motifs is 1. The molecule has 0 aliphatic carbocycles. The first-order valence-corrected chi connectivity index (χ1v) is 8.06. The van der Waals surface area contributed by atoms with E-state index in [0.29, 0.717) is 16.1 Å². The molecule has 0 unspecified atom stereocenters. The van der Waals surface area contributed by atoms with Crippen LogP contribution < -0.4 is 5.11 Å². The Morgan fingerprint density at radius 1 is 1.12 bits per heavy atom. The molecule has 3 rings (SSSR count). The van der Waals surface area contributed by atoms with Gasteiger partial charge >= 0.3 is 0 Å². The van der Waals surface area contributed by atoms with Gasteiger partial charge in [0.05, 0.1) is 10.2 Å². The molecule has 122 valence electrons. The zero-order valence-corrected chi connectivity index (χ0v) is 13.3. The van der Waals surface area contributed by atoms with Gasteiger partial charge in [0.1, 0.15) is 5.01 Å². The minimum Gasteiger partial charge on any atom is -0.550 e. The Hall–Kier alpha value is -2.60. The maximum Gasteiger partial charge on any atom is 0.159 e. The molecule has 6 heteroatoms. The standard InChI is InChI=1S/C18H13F2NO2S/c19-13-7-5-11(10-14(13)20)9-12(6-8-17(22)23)18-21-15-3-1-2-4-16(15)24-18/h1-5,7,9-10H,6,8H2,(H,22,23)/p-1/b12-9+. The van der Waals surface area contributed by atoms with Crippen molar-refractivity contribution in [1.82, 2.24) is 4.98 Å². The van der Waals surface area contributed by atoms with Crippen LogP contribution in [0.25, 0.3) is 21.9 Å². The van der Waals surface area contributed by atoms with Gasteiger partial charge in [-0.2, -0.15) is 0 Å². The third-order valence-electron chi connectivity index (χ3n) is 3.45. The summed E-state index contributed by atoms with van der Waals surface area (Å²) in [6.07, 6.45) is 1.65. The summed E-state index contributed by atoms with van der Waals surface area (Å²) in [7, 11) is 0. The fourth-order valence-corrected chi connectivity index (χ4v) is 3.30. The van der Waals surface area contributed by atoms with Crippen molar-refractivity contribution in [3.8, 4) is 0 Å². The molecule has 24 heavy (non-hydrogen) atoms. The summed E-state index contributed by atoms with van der Waals surface area (Å²) < 4.78 is 27.4. The van der Waals surface area contributed by atoms with Crippen LogP contribution in [0.3, 0.4) is 0 Å². The molecule has 0 amide bonds. The number of aliphatic carboxylic acids is 1. The van der Waals surface area contributed by atoms with E-state index in [1.165, 1.54) is 17.4 Å². The monoisotopic (exact) mass is 344 g/mol. The summed E-state index contributed by atoms with van der Waals surface area (Å²) in [5, 5.41) is 11.4. The van der Waals surface area contributed by atoms with E-state index < -0.39 is 17.6 Å². The SMILES string of the molecule is O=C([O-])CC/C(=C\c1ccc(F)c(F)c1)c1nc2ccccc2s1. The molecule has 2 aromatic carbocycles. The van der Waals surface area contributed by atoms with E-state index in [0.717, 1.165) is 22.3 Å². The minimum atomic E-state index is -1.17. The van der Waals surface area contributed by atoms with Gasteiger partial charge in [-0.15, -0.1) is 11.3 Å². The van der Waals surface area contributed by atoms with Crippen molar-refractivity contribution in [2.45, 2.75) is 12.8 Å². The smallest absolute Gasteiger partial charge is 0.159 e. The Bertz CT molecular complexity index is 901. The number of hydrogen-bond donors (Lipinski definition) is 0. The van der Waals surface area contributed by atoms with Crippen LogP contribution in [0.1, 0.15) is 23.4 Å². The van der Waals surface area contributed by atoms with Crippen LogP contribution in [0.15, 0.2) is 42.5 Å². The lowest BCUT2D eigenvalue weighted by Gasteiger charge is -2.06. The highest BCUT2D eigenvalue weighted by molar-refractivity contribution is 7.19. The quantitative estimate of drug-likeness (QED) is 0.710. The summed E-state index contributed by atoms with van der Waals surface area (Å²) >= 11 is 1.42. The molecule has 0 saturated heterocycles. The topological polar surface area (TPSA) is 53.0 Å². The van der Waals surface area contributed by atoms with Crippen LogP contribution in [-0.4, -0.2) is 11.0 Å². The number of halogens is 2. The van der Waals surface area contributed by atoms with Gasteiger partial charge in [-0.25, -0.2) is 13.8 Å². The lowest BCUT2D eigenvalue weighted by molar-refractivity contribution is -0.305. The predicted octanol–water partition coefficient (Wildman–Crippen LogP) is 3.65. The predicted molar refractivity (Wildman–Crippen MR) is 88.1 cm³/mol. The summed E-state index contributed by atoms with van der Waals surface area (Å²) in [5.41, 5.74) is 1.90. The molecule has 0 spiro atoms. The highest BCUT2D eigenvalue weighted by Gasteiger charge is 2.10. The van der Waals surface area contributed by atoms with E-state index in [-0.39, 0.29) is 12.8 Å². The Labute approximate surface area is 140 Å². The van der Waals surface area contributed by atoms with E-state index in [2.05, 4.69) is 4.98 Å².